The van der Waals surface area contributed by atoms with Gasteiger partial charge in [-0.05, 0) is 36.8 Å². The number of anilines is 2. The van der Waals surface area contributed by atoms with Gasteiger partial charge in [0, 0.05) is 0 Å². The largest absolute Gasteiger partial charge is 0.358 e. The fourth-order valence-corrected chi connectivity index (χ4v) is 3.72. The average Bonchev–Trinajstić information content (AvgIpc) is 3.34. The number of hydrogen-bond donors (Lipinski definition) is 3. The second kappa shape index (κ2) is 8.59. The van der Waals surface area contributed by atoms with Gasteiger partial charge in [-0.3, -0.25) is 10.2 Å². The molecule has 3 heterocycles. The number of aromatic nitrogens is 6. The number of aromatic amines is 1. The molecule has 0 aliphatic carbocycles. The van der Waals surface area contributed by atoms with Crippen LogP contribution in [0.4, 0.5) is 15.9 Å². The molecule has 10 nitrogen and oxygen atoms in total. The third-order valence-electron chi connectivity index (χ3n) is 5.36. The van der Waals surface area contributed by atoms with E-state index >= 15 is 0 Å². The smallest absolute Gasteiger partial charge is 0.283 e. The summed E-state index contributed by atoms with van der Waals surface area (Å²) in [5, 5.41) is 12.4. The minimum Gasteiger partial charge on any atom is -0.358 e. The Labute approximate surface area is 192 Å². The highest BCUT2D eigenvalue weighted by Crippen LogP contribution is 2.25. The van der Waals surface area contributed by atoms with Crippen molar-refractivity contribution in [2.45, 2.75) is 19.4 Å². The fraction of sp³-hybridized carbons (Fsp3) is 0.130. The third kappa shape index (κ3) is 3.67. The molecule has 3 aromatic heterocycles. The molecular weight excluding hydrogens is 437 g/mol. The Morgan fingerprint density at radius 1 is 1.21 bits per heavy atom. The van der Waals surface area contributed by atoms with Crippen molar-refractivity contribution in [3.63, 3.8) is 0 Å². The van der Waals surface area contributed by atoms with Gasteiger partial charge in [-0.1, -0.05) is 19.1 Å². The molecule has 0 aliphatic rings. The normalized spacial score (nSPS) is 11.9. The lowest BCUT2D eigenvalue weighted by Crippen LogP contribution is -2.34. The van der Waals surface area contributed by atoms with Crippen LogP contribution in [0.2, 0.25) is 0 Å². The number of rotatable bonds is 6. The molecule has 1 atom stereocenters. The predicted octanol–water partition coefficient (Wildman–Crippen LogP) is 3.51. The first-order valence-electron chi connectivity index (χ1n) is 10.5. The van der Waals surface area contributed by atoms with Crippen molar-refractivity contribution < 1.29 is 4.39 Å². The minimum atomic E-state index is -0.668. The first-order valence-corrected chi connectivity index (χ1v) is 10.5. The van der Waals surface area contributed by atoms with E-state index < -0.39 is 17.4 Å². The van der Waals surface area contributed by atoms with Crippen molar-refractivity contribution in [1.29, 1.82) is 5.26 Å². The van der Waals surface area contributed by atoms with Gasteiger partial charge in [0.05, 0.1) is 35.2 Å². The van der Waals surface area contributed by atoms with Gasteiger partial charge in [-0.15, -0.1) is 0 Å². The van der Waals surface area contributed by atoms with E-state index in [0.29, 0.717) is 40.5 Å². The molecule has 3 N–H and O–H groups in total. The van der Waals surface area contributed by atoms with Gasteiger partial charge in [0.1, 0.15) is 23.0 Å². The zero-order valence-corrected chi connectivity index (χ0v) is 18.0. The fourth-order valence-electron chi connectivity index (χ4n) is 3.72. The summed E-state index contributed by atoms with van der Waals surface area (Å²) in [7, 11) is 0. The zero-order valence-electron chi connectivity index (χ0n) is 18.0. The van der Waals surface area contributed by atoms with Gasteiger partial charge in [-0.25, -0.2) is 29.0 Å². The van der Waals surface area contributed by atoms with Crippen LogP contribution in [0.1, 0.15) is 30.8 Å². The van der Waals surface area contributed by atoms with E-state index in [1.807, 2.05) is 6.92 Å². The van der Waals surface area contributed by atoms with Crippen molar-refractivity contribution in [2.75, 3.05) is 10.7 Å². The number of halogens is 1. The maximum absolute atomic E-state index is 14.6. The molecule has 0 bridgehead atoms. The van der Waals surface area contributed by atoms with E-state index in [9.17, 15) is 14.4 Å². The van der Waals surface area contributed by atoms with Crippen LogP contribution >= 0.6 is 0 Å². The number of nitrogens with zero attached hydrogens (tertiary/aromatic N) is 6. The van der Waals surface area contributed by atoms with E-state index in [4.69, 9.17) is 0 Å². The Hall–Kier alpha value is -4.85. The van der Waals surface area contributed by atoms with Crippen LogP contribution in [-0.2, 0) is 0 Å². The Balaban J connectivity index is 1.67. The summed E-state index contributed by atoms with van der Waals surface area (Å²) in [5.41, 5.74) is 4.62. The molecule has 0 fully saturated rings. The highest BCUT2D eigenvalue weighted by molar-refractivity contribution is 5.82. The van der Waals surface area contributed by atoms with Gasteiger partial charge < -0.3 is 10.3 Å². The first-order chi connectivity index (χ1) is 16.6. The van der Waals surface area contributed by atoms with E-state index in [2.05, 4.69) is 41.7 Å². The van der Waals surface area contributed by atoms with Crippen LogP contribution in [-0.4, -0.2) is 29.6 Å². The van der Waals surface area contributed by atoms with Crippen LogP contribution in [0.5, 0.6) is 0 Å². The Morgan fingerprint density at radius 3 is 2.88 bits per heavy atom. The highest BCUT2D eigenvalue weighted by Gasteiger charge is 2.22. The molecule has 0 amide bonds. The molecule has 0 spiro atoms. The standard InChI is InChI=1S/C23H18FN9O/c1-2-16(30-21-19-20(27-11-26-19)28-12-29-21)22-31-17-8-4-7-15(24)18(17)23(34)33(22)32-14-6-3-5-13(9-14)10-25/h3-9,11-12,16,32H,2H2,1H3,(H2,26,27,28,29,30). The molecule has 2 aromatic carbocycles. The molecule has 0 aliphatic heterocycles. The Morgan fingerprint density at radius 2 is 2.06 bits per heavy atom. The SMILES string of the molecule is CCC(Nc1ncnc2nc[nH]c12)c1nc2cccc(F)c2c(=O)n1Nc1cccc(C#N)c1. The van der Waals surface area contributed by atoms with Crippen molar-refractivity contribution >= 4 is 33.6 Å². The monoisotopic (exact) mass is 455 g/mol. The molecule has 34 heavy (non-hydrogen) atoms. The molecule has 0 saturated heterocycles. The number of nitriles is 1. The number of fused-ring (bicyclic) bond motifs is 2. The van der Waals surface area contributed by atoms with Crippen molar-refractivity contribution in [3.8, 4) is 6.07 Å². The van der Waals surface area contributed by atoms with E-state index in [1.54, 1.807) is 30.3 Å². The number of hydrogen-bond acceptors (Lipinski definition) is 8. The van der Waals surface area contributed by atoms with E-state index in [1.165, 1.54) is 29.5 Å². The van der Waals surface area contributed by atoms with E-state index in [-0.39, 0.29) is 10.9 Å². The molecule has 5 rings (SSSR count). The molecule has 0 saturated carbocycles. The number of H-pyrrole nitrogens is 1. The van der Waals surface area contributed by atoms with Gasteiger partial charge in [0.2, 0.25) is 0 Å². The molecule has 168 valence electrons. The van der Waals surface area contributed by atoms with Crippen LogP contribution < -0.4 is 16.3 Å². The summed E-state index contributed by atoms with van der Waals surface area (Å²) in [5.74, 6) is 0.138. The zero-order chi connectivity index (χ0) is 23.7. The van der Waals surface area contributed by atoms with Crippen molar-refractivity contribution in [2.24, 2.45) is 0 Å². The summed E-state index contributed by atoms with van der Waals surface area (Å²) in [6.07, 6.45) is 3.43. The van der Waals surface area contributed by atoms with Gasteiger partial charge >= 0.3 is 0 Å². The van der Waals surface area contributed by atoms with Crippen LogP contribution in [0, 0.1) is 17.1 Å². The topological polar surface area (TPSA) is 137 Å². The van der Waals surface area contributed by atoms with Gasteiger partial charge in [-0.2, -0.15) is 5.26 Å². The van der Waals surface area contributed by atoms with Crippen LogP contribution in [0.3, 0.4) is 0 Å². The Kier molecular flexibility index (Phi) is 5.31. The predicted molar refractivity (Wildman–Crippen MR) is 124 cm³/mol. The number of nitrogens with one attached hydrogen (secondary N) is 3. The summed E-state index contributed by atoms with van der Waals surface area (Å²) in [6, 6.07) is 12.5. The molecule has 11 heteroatoms. The first kappa shape index (κ1) is 21.0. The molecular formula is C23H18FN9O. The number of imidazole rings is 1. The lowest BCUT2D eigenvalue weighted by molar-refractivity contribution is 0.622. The third-order valence-corrected chi connectivity index (χ3v) is 5.36. The van der Waals surface area contributed by atoms with Crippen LogP contribution in [0.25, 0.3) is 22.1 Å². The summed E-state index contributed by atoms with van der Waals surface area (Å²) in [4.78, 5) is 33.7. The highest BCUT2D eigenvalue weighted by atomic mass is 19.1. The quantitative estimate of drug-likeness (QED) is 0.354. The maximum Gasteiger partial charge on any atom is 0.283 e. The lowest BCUT2D eigenvalue weighted by atomic mass is 10.1. The summed E-state index contributed by atoms with van der Waals surface area (Å²) in [6.45, 7) is 1.92. The van der Waals surface area contributed by atoms with E-state index in [0.717, 1.165) is 0 Å². The average molecular weight is 455 g/mol. The second-order valence-corrected chi connectivity index (χ2v) is 7.48. The molecule has 1 unspecified atom stereocenters. The van der Waals surface area contributed by atoms with Crippen LogP contribution in [0.15, 0.2) is 59.9 Å². The van der Waals surface area contributed by atoms with Gasteiger partial charge in [0.15, 0.2) is 17.3 Å². The second-order valence-electron chi connectivity index (χ2n) is 7.48. The minimum absolute atomic E-state index is 0.136. The summed E-state index contributed by atoms with van der Waals surface area (Å²) < 4.78 is 15.8. The van der Waals surface area contributed by atoms with Gasteiger partial charge in [0.25, 0.3) is 5.56 Å². The Bertz CT molecular complexity index is 1620. The maximum atomic E-state index is 14.6. The van der Waals surface area contributed by atoms with Crippen molar-refractivity contribution in [3.05, 3.63) is 82.7 Å². The summed E-state index contributed by atoms with van der Waals surface area (Å²) >= 11 is 0. The molecule has 0 radical (unpaired) electrons. The number of benzene rings is 2. The molecule has 5 aromatic rings. The lowest BCUT2D eigenvalue weighted by Gasteiger charge is -2.23. The van der Waals surface area contributed by atoms with Crippen molar-refractivity contribution in [1.82, 2.24) is 29.6 Å².